The molecule has 0 N–H and O–H groups in total. The zero-order valence-corrected chi connectivity index (χ0v) is 11.4. The molecule has 1 aromatic carbocycles. The van der Waals surface area contributed by atoms with Crippen LogP contribution in [0.3, 0.4) is 0 Å². The molecule has 2 aliphatic rings. The first-order valence-electron chi connectivity index (χ1n) is 7.09. The van der Waals surface area contributed by atoms with Crippen LogP contribution in [0.2, 0.25) is 0 Å². The van der Waals surface area contributed by atoms with Crippen molar-refractivity contribution in [1.29, 1.82) is 0 Å². The molecule has 0 atom stereocenters. The summed E-state index contributed by atoms with van der Waals surface area (Å²) in [6.07, 6.45) is 5.47. The third kappa shape index (κ3) is 2.37. The van der Waals surface area contributed by atoms with Crippen molar-refractivity contribution in [2.75, 3.05) is 24.5 Å². The minimum Gasteiger partial charge on any atom is -0.367 e. The maximum atomic E-state index is 12.6. The van der Waals surface area contributed by atoms with Crippen LogP contribution in [-0.2, 0) is 4.79 Å². The molecule has 1 aromatic rings. The highest BCUT2D eigenvalue weighted by molar-refractivity contribution is 6.06. The lowest BCUT2D eigenvalue weighted by atomic mass is 10.1. The van der Waals surface area contributed by atoms with E-state index in [4.69, 9.17) is 0 Å². The summed E-state index contributed by atoms with van der Waals surface area (Å²) in [5.41, 5.74) is 3.15. The van der Waals surface area contributed by atoms with E-state index in [0.717, 1.165) is 37.4 Å². The normalized spacial score (nSPS) is 19.8. The number of nitrogens with zero attached hydrogens (tertiary/aromatic N) is 2. The van der Waals surface area contributed by atoms with Gasteiger partial charge in [0.05, 0.1) is 5.70 Å². The second kappa shape index (κ2) is 5.08. The molecule has 0 saturated carbocycles. The molecule has 0 bridgehead atoms. The number of carbonyl (C=O) groups excluding carboxylic acids is 1. The summed E-state index contributed by atoms with van der Waals surface area (Å²) in [6.45, 7) is 4.91. The zero-order valence-electron chi connectivity index (χ0n) is 11.4. The van der Waals surface area contributed by atoms with Crippen molar-refractivity contribution in [2.24, 2.45) is 0 Å². The van der Waals surface area contributed by atoms with Gasteiger partial charge in [0.1, 0.15) is 0 Å². The zero-order chi connectivity index (χ0) is 13.2. The Labute approximate surface area is 114 Å². The van der Waals surface area contributed by atoms with E-state index in [0.29, 0.717) is 0 Å². The standard InChI is InChI=1S/C16H20N2O/c1-13-6-8-14(9-7-13)18-12-4-5-15(16(18)19)17-10-2-3-11-17/h5-9H,2-4,10-12H2,1H3. The Morgan fingerprint density at radius 1 is 1.00 bits per heavy atom. The molecule has 3 nitrogen and oxygen atoms in total. The maximum Gasteiger partial charge on any atom is 0.274 e. The van der Waals surface area contributed by atoms with Gasteiger partial charge in [0.25, 0.3) is 5.91 Å². The van der Waals surface area contributed by atoms with Gasteiger partial charge in [-0.15, -0.1) is 0 Å². The SMILES string of the molecule is Cc1ccc(N2CCC=C(N3CCCC3)C2=O)cc1. The molecule has 2 heterocycles. The van der Waals surface area contributed by atoms with E-state index >= 15 is 0 Å². The number of amides is 1. The molecule has 0 spiro atoms. The first-order valence-corrected chi connectivity index (χ1v) is 7.09. The van der Waals surface area contributed by atoms with Crippen LogP contribution in [0, 0.1) is 6.92 Å². The van der Waals surface area contributed by atoms with Crippen LogP contribution in [0.5, 0.6) is 0 Å². The lowest BCUT2D eigenvalue weighted by Gasteiger charge is -2.31. The van der Waals surface area contributed by atoms with Crippen molar-refractivity contribution in [3.05, 3.63) is 41.6 Å². The minimum absolute atomic E-state index is 0.164. The van der Waals surface area contributed by atoms with Gasteiger partial charge in [0, 0.05) is 25.3 Å². The van der Waals surface area contributed by atoms with Crippen molar-refractivity contribution < 1.29 is 4.79 Å². The average Bonchev–Trinajstić information content (AvgIpc) is 2.94. The largest absolute Gasteiger partial charge is 0.367 e. The Morgan fingerprint density at radius 2 is 1.68 bits per heavy atom. The number of hydrogen-bond donors (Lipinski definition) is 0. The second-order valence-electron chi connectivity index (χ2n) is 5.36. The Kier molecular flexibility index (Phi) is 3.28. The van der Waals surface area contributed by atoms with Gasteiger partial charge in [0.2, 0.25) is 0 Å². The first-order chi connectivity index (χ1) is 9.25. The Bertz CT molecular complexity index is 498. The maximum absolute atomic E-state index is 12.6. The summed E-state index contributed by atoms with van der Waals surface area (Å²) in [6, 6.07) is 8.22. The van der Waals surface area contributed by atoms with E-state index in [-0.39, 0.29) is 5.91 Å². The number of hydrogen-bond acceptors (Lipinski definition) is 2. The number of benzene rings is 1. The molecule has 0 aliphatic carbocycles. The first kappa shape index (κ1) is 12.3. The van der Waals surface area contributed by atoms with Gasteiger partial charge >= 0.3 is 0 Å². The van der Waals surface area contributed by atoms with Crippen molar-refractivity contribution >= 4 is 11.6 Å². The van der Waals surface area contributed by atoms with Crippen molar-refractivity contribution in [3.8, 4) is 0 Å². The number of likely N-dealkylation sites (tertiary alicyclic amines) is 1. The van der Waals surface area contributed by atoms with Gasteiger partial charge in [-0.25, -0.2) is 0 Å². The Balaban J connectivity index is 1.83. The van der Waals surface area contributed by atoms with E-state index in [2.05, 4.69) is 30.0 Å². The minimum atomic E-state index is 0.164. The summed E-state index contributed by atoms with van der Waals surface area (Å²) in [5, 5.41) is 0. The van der Waals surface area contributed by atoms with E-state index in [1.165, 1.54) is 18.4 Å². The van der Waals surface area contributed by atoms with Crippen LogP contribution >= 0.6 is 0 Å². The predicted molar refractivity (Wildman–Crippen MR) is 77.0 cm³/mol. The van der Waals surface area contributed by atoms with Crippen LogP contribution in [0.4, 0.5) is 5.69 Å². The van der Waals surface area contributed by atoms with Gasteiger partial charge in [-0.2, -0.15) is 0 Å². The molecular weight excluding hydrogens is 236 g/mol. The molecule has 2 aliphatic heterocycles. The van der Waals surface area contributed by atoms with Crippen LogP contribution in [-0.4, -0.2) is 30.4 Å². The summed E-state index contributed by atoms with van der Waals surface area (Å²) in [4.78, 5) is 16.8. The van der Waals surface area contributed by atoms with Crippen molar-refractivity contribution in [3.63, 3.8) is 0 Å². The number of carbonyl (C=O) groups is 1. The summed E-state index contributed by atoms with van der Waals surface area (Å²) >= 11 is 0. The molecular formula is C16H20N2O. The monoisotopic (exact) mass is 256 g/mol. The van der Waals surface area contributed by atoms with Crippen molar-refractivity contribution in [2.45, 2.75) is 26.2 Å². The fourth-order valence-corrected chi connectivity index (χ4v) is 2.85. The summed E-state index contributed by atoms with van der Waals surface area (Å²) in [7, 11) is 0. The molecule has 3 heteroatoms. The molecule has 0 unspecified atom stereocenters. The Morgan fingerprint density at radius 3 is 2.37 bits per heavy atom. The number of rotatable bonds is 2. The number of aryl methyl sites for hydroxylation is 1. The lowest BCUT2D eigenvalue weighted by Crippen LogP contribution is -2.41. The average molecular weight is 256 g/mol. The third-order valence-electron chi connectivity index (χ3n) is 3.95. The van der Waals surface area contributed by atoms with Gasteiger partial charge in [-0.3, -0.25) is 4.79 Å². The van der Waals surface area contributed by atoms with E-state index < -0.39 is 0 Å². The van der Waals surface area contributed by atoms with E-state index in [9.17, 15) is 4.79 Å². The second-order valence-corrected chi connectivity index (χ2v) is 5.36. The molecule has 1 fully saturated rings. The molecule has 1 amide bonds. The van der Waals surface area contributed by atoms with Gasteiger partial charge < -0.3 is 9.80 Å². The molecule has 3 rings (SSSR count). The highest BCUT2D eigenvalue weighted by atomic mass is 16.2. The highest BCUT2D eigenvalue weighted by Gasteiger charge is 2.28. The summed E-state index contributed by atoms with van der Waals surface area (Å²) in [5.74, 6) is 0.164. The fourth-order valence-electron chi connectivity index (χ4n) is 2.85. The molecule has 0 radical (unpaired) electrons. The summed E-state index contributed by atoms with van der Waals surface area (Å²) < 4.78 is 0. The molecule has 0 aromatic heterocycles. The highest BCUT2D eigenvalue weighted by Crippen LogP contribution is 2.25. The van der Waals surface area contributed by atoms with Gasteiger partial charge in [-0.05, 0) is 38.3 Å². The van der Waals surface area contributed by atoms with Crippen LogP contribution in [0.1, 0.15) is 24.8 Å². The quantitative estimate of drug-likeness (QED) is 0.812. The van der Waals surface area contributed by atoms with Crippen LogP contribution < -0.4 is 4.90 Å². The van der Waals surface area contributed by atoms with Crippen LogP contribution in [0.15, 0.2) is 36.0 Å². The third-order valence-corrected chi connectivity index (χ3v) is 3.95. The molecule has 1 saturated heterocycles. The van der Waals surface area contributed by atoms with E-state index in [1.54, 1.807) is 0 Å². The lowest BCUT2D eigenvalue weighted by molar-refractivity contribution is -0.116. The smallest absolute Gasteiger partial charge is 0.274 e. The van der Waals surface area contributed by atoms with Gasteiger partial charge in [-0.1, -0.05) is 23.8 Å². The predicted octanol–water partition coefficient (Wildman–Crippen LogP) is 2.71. The van der Waals surface area contributed by atoms with Crippen LogP contribution in [0.25, 0.3) is 0 Å². The van der Waals surface area contributed by atoms with Crippen molar-refractivity contribution in [1.82, 2.24) is 4.90 Å². The molecule has 100 valence electrons. The Hall–Kier alpha value is -1.77. The van der Waals surface area contributed by atoms with Gasteiger partial charge in [0.15, 0.2) is 0 Å². The van der Waals surface area contributed by atoms with E-state index in [1.807, 2.05) is 17.0 Å². The fraction of sp³-hybridized carbons (Fsp3) is 0.438. The number of anilines is 1. The topological polar surface area (TPSA) is 23.6 Å². The molecule has 19 heavy (non-hydrogen) atoms.